The molecule has 202 valence electrons. The van der Waals surface area contributed by atoms with E-state index in [1.807, 2.05) is 79.0 Å². The summed E-state index contributed by atoms with van der Waals surface area (Å²) in [7, 11) is 0. The van der Waals surface area contributed by atoms with Crippen molar-refractivity contribution < 1.29 is 0 Å². The van der Waals surface area contributed by atoms with Crippen molar-refractivity contribution in [1.29, 1.82) is 0 Å². The van der Waals surface area contributed by atoms with E-state index < -0.39 is 0 Å². The van der Waals surface area contributed by atoms with Gasteiger partial charge in [-0.15, -0.1) is 0 Å². The SMILES string of the molecule is c1ccc(-c2nc(-c3ccccc3)nc(-c3ccc(-c4ccc5c(c4)c4cccnc4n5-c4ccccc4)cc3)n2)cc1. The lowest BCUT2D eigenvalue weighted by Gasteiger charge is -2.09. The summed E-state index contributed by atoms with van der Waals surface area (Å²) in [4.78, 5) is 19.3. The van der Waals surface area contributed by atoms with Gasteiger partial charge in [0.25, 0.3) is 0 Å². The van der Waals surface area contributed by atoms with Crippen molar-refractivity contribution in [3.05, 3.63) is 152 Å². The van der Waals surface area contributed by atoms with Crippen LogP contribution in [0.5, 0.6) is 0 Å². The number of pyridine rings is 1. The van der Waals surface area contributed by atoms with Crippen LogP contribution in [0.15, 0.2) is 152 Å². The Bertz CT molecular complexity index is 2150. The van der Waals surface area contributed by atoms with Gasteiger partial charge >= 0.3 is 0 Å². The molecule has 5 heteroatoms. The first-order valence-corrected chi connectivity index (χ1v) is 14.2. The predicted molar refractivity (Wildman–Crippen MR) is 174 cm³/mol. The van der Waals surface area contributed by atoms with E-state index in [0.29, 0.717) is 17.5 Å². The van der Waals surface area contributed by atoms with E-state index >= 15 is 0 Å². The van der Waals surface area contributed by atoms with Gasteiger partial charge in [-0.1, -0.05) is 109 Å². The Morgan fingerprint density at radius 2 is 0.907 bits per heavy atom. The Balaban J connectivity index is 1.21. The lowest BCUT2D eigenvalue weighted by Crippen LogP contribution is -2.00. The standard InChI is InChI=1S/C38H25N5/c1-4-11-27(12-5-1)35-40-36(28-13-6-2-7-14-28)42-37(41-35)29-20-18-26(19-21-29)30-22-23-34-33(25-30)32-17-10-24-39-38(32)43(34)31-15-8-3-9-16-31/h1-25H. The van der Waals surface area contributed by atoms with Crippen molar-refractivity contribution in [2.75, 3.05) is 0 Å². The van der Waals surface area contributed by atoms with Crippen LogP contribution in [0.1, 0.15) is 0 Å². The number of hydrogen-bond acceptors (Lipinski definition) is 4. The van der Waals surface area contributed by atoms with Gasteiger partial charge in [0.05, 0.1) is 5.52 Å². The fourth-order valence-electron chi connectivity index (χ4n) is 5.61. The highest BCUT2D eigenvalue weighted by molar-refractivity contribution is 6.09. The number of nitrogens with zero attached hydrogens (tertiary/aromatic N) is 5. The highest BCUT2D eigenvalue weighted by Crippen LogP contribution is 2.34. The van der Waals surface area contributed by atoms with Gasteiger partial charge in [0, 0.05) is 39.3 Å². The third kappa shape index (κ3) is 4.53. The molecule has 0 radical (unpaired) electrons. The van der Waals surface area contributed by atoms with Crippen LogP contribution in [0.4, 0.5) is 0 Å². The second-order valence-corrected chi connectivity index (χ2v) is 10.4. The molecule has 0 aliphatic carbocycles. The van der Waals surface area contributed by atoms with Crippen molar-refractivity contribution in [2.24, 2.45) is 0 Å². The van der Waals surface area contributed by atoms with Gasteiger partial charge in [0.2, 0.25) is 0 Å². The van der Waals surface area contributed by atoms with Crippen LogP contribution in [0, 0.1) is 0 Å². The number of aromatic nitrogens is 5. The highest BCUT2D eigenvalue weighted by atomic mass is 15.0. The lowest BCUT2D eigenvalue weighted by atomic mass is 10.0. The van der Waals surface area contributed by atoms with Gasteiger partial charge < -0.3 is 0 Å². The normalized spacial score (nSPS) is 11.3. The molecule has 3 aromatic heterocycles. The number of rotatable bonds is 5. The van der Waals surface area contributed by atoms with Gasteiger partial charge in [0.1, 0.15) is 5.65 Å². The average molecular weight is 552 g/mol. The predicted octanol–water partition coefficient (Wildman–Crippen LogP) is 9.03. The zero-order valence-electron chi connectivity index (χ0n) is 23.2. The highest BCUT2D eigenvalue weighted by Gasteiger charge is 2.15. The Morgan fingerprint density at radius 3 is 1.51 bits per heavy atom. The minimum atomic E-state index is 0.645. The summed E-state index contributed by atoms with van der Waals surface area (Å²) in [6, 6.07) is 49.7. The molecular formula is C38H25N5. The molecule has 8 aromatic rings. The summed E-state index contributed by atoms with van der Waals surface area (Å²) < 4.78 is 2.23. The molecule has 0 bridgehead atoms. The van der Waals surface area contributed by atoms with Gasteiger partial charge in [-0.3, -0.25) is 4.57 Å². The number of hydrogen-bond donors (Lipinski definition) is 0. The Labute approximate surface area is 248 Å². The molecule has 3 heterocycles. The Hall–Kier alpha value is -5.94. The first-order valence-electron chi connectivity index (χ1n) is 14.2. The summed E-state index contributed by atoms with van der Waals surface area (Å²) in [6.45, 7) is 0. The van der Waals surface area contributed by atoms with E-state index in [9.17, 15) is 0 Å². The molecular weight excluding hydrogens is 526 g/mol. The summed E-state index contributed by atoms with van der Waals surface area (Å²) >= 11 is 0. The molecule has 5 nitrogen and oxygen atoms in total. The summed E-state index contributed by atoms with van der Waals surface area (Å²) in [5.41, 5.74) is 8.29. The molecule has 0 aliphatic rings. The topological polar surface area (TPSA) is 56.5 Å². The van der Waals surface area contributed by atoms with Crippen molar-refractivity contribution >= 4 is 21.9 Å². The van der Waals surface area contributed by atoms with Crippen molar-refractivity contribution in [3.8, 4) is 51.0 Å². The fourth-order valence-corrected chi connectivity index (χ4v) is 5.61. The Kier molecular flexibility index (Phi) is 6.05. The van der Waals surface area contributed by atoms with Crippen LogP contribution in [-0.4, -0.2) is 24.5 Å². The molecule has 0 amide bonds. The Morgan fingerprint density at radius 1 is 0.395 bits per heavy atom. The van der Waals surface area contributed by atoms with Gasteiger partial charge in [-0.05, 0) is 47.5 Å². The van der Waals surface area contributed by atoms with E-state index in [1.54, 1.807) is 0 Å². The number of fused-ring (bicyclic) bond motifs is 3. The zero-order valence-corrected chi connectivity index (χ0v) is 23.2. The maximum atomic E-state index is 4.88. The third-order valence-corrected chi connectivity index (χ3v) is 7.72. The molecule has 0 atom stereocenters. The minimum Gasteiger partial charge on any atom is -0.294 e. The van der Waals surface area contributed by atoms with Crippen LogP contribution < -0.4 is 0 Å². The average Bonchev–Trinajstić information content (AvgIpc) is 3.43. The molecule has 5 aromatic carbocycles. The first kappa shape index (κ1) is 24.8. The van der Waals surface area contributed by atoms with Crippen molar-refractivity contribution in [2.45, 2.75) is 0 Å². The summed E-state index contributed by atoms with van der Waals surface area (Å²) in [5.74, 6) is 1.96. The molecule has 43 heavy (non-hydrogen) atoms. The van der Waals surface area contributed by atoms with E-state index in [2.05, 4.69) is 77.4 Å². The van der Waals surface area contributed by atoms with Crippen LogP contribution >= 0.6 is 0 Å². The fraction of sp³-hybridized carbons (Fsp3) is 0. The maximum absolute atomic E-state index is 4.88. The number of benzene rings is 5. The van der Waals surface area contributed by atoms with Gasteiger partial charge in [-0.25, -0.2) is 19.9 Å². The van der Waals surface area contributed by atoms with E-state index in [-0.39, 0.29) is 0 Å². The zero-order chi connectivity index (χ0) is 28.6. The molecule has 0 fully saturated rings. The molecule has 0 saturated heterocycles. The quantitative estimate of drug-likeness (QED) is 0.214. The second kappa shape index (κ2) is 10.5. The largest absolute Gasteiger partial charge is 0.294 e. The van der Waals surface area contributed by atoms with E-state index in [4.69, 9.17) is 19.9 Å². The van der Waals surface area contributed by atoms with Gasteiger partial charge in [0.15, 0.2) is 17.5 Å². The van der Waals surface area contributed by atoms with Crippen LogP contribution in [-0.2, 0) is 0 Å². The lowest BCUT2D eigenvalue weighted by molar-refractivity contribution is 1.07. The molecule has 0 aliphatic heterocycles. The smallest absolute Gasteiger partial charge is 0.164 e. The third-order valence-electron chi connectivity index (χ3n) is 7.72. The molecule has 8 rings (SSSR count). The molecule has 0 unspecified atom stereocenters. The minimum absolute atomic E-state index is 0.645. The summed E-state index contributed by atoms with van der Waals surface area (Å²) in [5, 5.41) is 2.30. The van der Waals surface area contributed by atoms with E-state index in [0.717, 1.165) is 50.1 Å². The van der Waals surface area contributed by atoms with Crippen molar-refractivity contribution in [3.63, 3.8) is 0 Å². The van der Waals surface area contributed by atoms with Crippen molar-refractivity contribution in [1.82, 2.24) is 24.5 Å². The molecule has 0 spiro atoms. The molecule has 0 N–H and O–H groups in total. The first-order chi connectivity index (χ1) is 21.3. The monoisotopic (exact) mass is 551 g/mol. The number of para-hydroxylation sites is 1. The second-order valence-electron chi connectivity index (χ2n) is 10.4. The van der Waals surface area contributed by atoms with Gasteiger partial charge in [-0.2, -0.15) is 0 Å². The van der Waals surface area contributed by atoms with Crippen LogP contribution in [0.2, 0.25) is 0 Å². The van der Waals surface area contributed by atoms with E-state index in [1.165, 1.54) is 5.39 Å². The van der Waals surface area contributed by atoms with Crippen LogP contribution in [0.25, 0.3) is 72.9 Å². The molecule has 0 saturated carbocycles. The maximum Gasteiger partial charge on any atom is 0.164 e. The summed E-state index contributed by atoms with van der Waals surface area (Å²) in [6.07, 6.45) is 1.86. The van der Waals surface area contributed by atoms with Crippen LogP contribution in [0.3, 0.4) is 0 Å².